The first-order valence-electron chi connectivity index (χ1n) is 14.4. The van der Waals surface area contributed by atoms with Gasteiger partial charge in [0.2, 0.25) is 5.75 Å². The number of pyridine rings is 1. The minimum Gasteiger partial charge on any atom is -0.496 e. The lowest BCUT2D eigenvalue weighted by Gasteiger charge is -2.22. The van der Waals surface area contributed by atoms with Crippen molar-refractivity contribution in [2.45, 2.75) is 26.4 Å². The number of nitrogens with one attached hydrogen (secondary N) is 1. The van der Waals surface area contributed by atoms with Crippen molar-refractivity contribution in [2.24, 2.45) is 0 Å². The maximum Gasteiger partial charge on any atom is 0.412 e. The van der Waals surface area contributed by atoms with Gasteiger partial charge in [0.05, 0.1) is 40.9 Å². The number of methoxy groups -OCH3 is 5. The van der Waals surface area contributed by atoms with E-state index in [-0.39, 0.29) is 29.0 Å². The van der Waals surface area contributed by atoms with Crippen LogP contribution in [-0.2, 0) is 9.47 Å². The monoisotopic (exact) mass is 646 g/mol. The largest absolute Gasteiger partial charge is 0.496 e. The Labute approximate surface area is 272 Å². The number of carbonyl (C=O) groups is 2. The van der Waals surface area contributed by atoms with E-state index in [9.17, 15) is 14.4 Å². The molecule has 12 heteroatoms. The molecular weight excluding hydrogens is 608 g/mol. The van der Waals surface area contributed by atoms with Crippen molar-refractivity contribution < 1.29 is 42.7 Å². The second-order valence-electron chi connectivity index (χ2n) is 11.1. The van der Waals surface area contributed by atoms with Crippen LogP contribution in [0.2, 0.25) is 0 Å². The fraction of sp³-hybridized carbons (Fsp3) is 0.286. The molecule has 0 saturated carbocycles. The molecule has 0 aliphatic heterocycles. The molecule has 4 aromatic rings. The smallest absolute Gasteiger partial charge is 0.412 e. The number of ether oxygens (including phenoxy) is 7. The molecule has 1 aromatic heterocycles. The van der Waals surface area contributed by atoms with Crippen LogP contribution >= 0.6 is 0 Å². The van der Waals surface area contributed by atoms with Crippen LogP contribution in [0.1, 0.15) is 31.3 Å². The zero-order chi connectivity index (χ0) is 34.5. The molecule has 12 nitrogen and oxygen atoms in total. The third kappa shape index (κ3) is 7.11. The Morgan fingerprint density at radius 3 is 2.00 bits per heavy atom. The molecule has 0 aliphatic rings. The van der Waals surface area contributed by atoms with Gasteiger partial charge in [0.1, 0.15) is 29.4 Å². The van der Waals surface area contributed by atoms with E-state index in [1.807, 2.05) is 0 Å². The third-order valence-electron chi connectivity index (χ3n) is 6.91. The van der Waals surface area contributed by atoms with Gasteiger partial charge in [-0.15, -0.1) is 0 Å². The standard InChI is InChI=1S/C35H38N2O10/c1-10-15-46-23-18-24-29(25(19-23)41-5)28(20-16-26(42-6)31(44-8)27(17-20)43-7)30(33(39)45-9)37(32(24)38)22-13-11-21(12-14-22)36-34(40)47-35(2,3)4/h10-14,16-19H,1,15H2,2-9H3,(H,36,40). The van der Waals surface area contributed by atoms with Crippen molar-refractivity contribution in [2.75, 3.05) is 47.5 Å². The molecule has 0 radical (unpaired) electrons. The van der Waals surface area contributed by atoms with Gasteiger partial charge in [0, 0.05) is 28.4 Å². The molecule has 4 rings (SSSR count). The molecule has 1 N–H and O–H groups in total. The molecule has 0 unspecified atom stereocenters. The normalized spacial score (nSPS) is 11.0. The molecular formula is C35H38N2O10. The molecule has 0 saturated heterocycles. The summed E-state index contributed by atoms with van der Waals surface area (Å²) in [6.07, 6.45) is 0.927. The first-order chi connectivity index (χ1) is 22.4. The molecule has 0 spiro atoms. The summed E-state index contributed by atoms with van der Waals surface area (Å²) in [6.45, 7) is 9.13. The van der Waals surface area contributed by atoms with E-state index in [1.54, 1.807) is 75.4 Å². The van der Waals surface area contributed by atoms with E-state index < -0.39 is 23.2 Å². The Balaban J connectivity index is 2.13. The van der Waals surface area contributed by atoms with Crippen LogP contribution < -0.4 is 34.6 Å². The van der Waals surface area contributed by atoms with E-state index in [4.69, 9.17) is 33.2 Å². The molecule has 248 valence electrons. The Bertz CT molecular complexity index is 1850. The fourth-order valence-electron chi connectivity index (χ4n) is 5.03. The lowest BCUT2D eigenvalue weighted by atomic mass is 9.94. The van der Waals surface area contributed by atoms with Crippen LogP contribution in [0.15, 0.2) is 66.0 Å². The van der Waals surface area contributed by atoms with Crippen molar-refractivity contribution in [1.29, 1.82) is 0 Å². The first kappa shape index (κ1) is 34.2. The second-order valence-corrected chi connectivity index (χ2v) is 11.1. The molecule has 47 heavy (non-hydrogen) atoms. The van der Waals surface area contributed by atoms with Crippen LogP contribution in [0.25, 0.3) is 27.6 Å². The van der Waals surface area contributed by atoms with Crippen molar-refractivity contribution in [1.82, 2.24) is 4.57 Å². The number of benzene rings is 3. The molecule has 1 heterocycles. The minimum absolute atomic E-state index is 0.106. The summed E-state index contributed by atoms with van der Waals surface area (Å²) in [5, 5.41) is 3.16. The van der Waals surface area contributed by atoms with Gasteiger partial charge in [-0.1, -0.05) is 12.7 Å². The van der Waals surface area contributed by atoms with Crippen molar-refractivity contribution >= 4 is 28.5 Å². The number of anilines is 1. The van der Waals surface area contributed by atoms with Crippen molar-refractivity contribution in [3.05, 3.63) is 77.2 Å². The summed E-state index contributed by atoms with van der Waals surface area (Å²) in [5.41, 5.74) is 0.0574. The van der Waals surface area contributed by atoms with E-state index in [0.717, 1.165) is 0 Å². The number of aromatic nitrogens is 1. The highest BCUT2D eigenvalue weighted by atomic mass is 16.6. The average Bonchev–Trinajstić information content (AvgIpc) is 3.05. The zero-order valence-corrected chi connectivity index (χ0v) is 27.6. The van der Waals surface area contributed by atoms with Crippen molar-refractivity contribution in [3.8, 4) is 45.6 Å². The van der Waals surface area contributed by atoms with E-state index in [2.05, 4.69) is 11.9 Å². The Hall–Kier alpha value is -5.65. The van der Waals surface area contributed by atoms with Gasteiger partial charge in [0.25, 0.3) is 5.56 Å². The Morgan fingerprint density at radius 1 is 0.872 bits per heavy atom. The topological polar surface area (TPSA) is 133 Å². The lowest BCUT2D eigenvalue weighted by Crippen LogP contribution is -2.28. The molecule has 0 aliphatic carbocycles. The van der Waals surface area contributed by atoms with Gasteiger partial charge in [-0.25, -0.2) is 9.59 Å². The Kier molecular flexibility index (Phi) is 10.3. The quantitative estimate of drug-likeness (QED) is 0.144. The van der Waals surface area contributed by atoms with Gasteiger partial charge < -0.3 is 33.2 Å². The number of amides is 1. The predicted molar refractivity (Wildman–Crippen MR) is 178 cm³/mol. The van der Waals surface area contributed by atoms with Crippen LogP contribution in [0.3, 0.4) is 0 Å². The number of carbonyl (C=O) groups excluding carboxylic acids is 2. The number of nitrogens with zero attached hydrogens (tertiary/aromatic N) is 1. The van der Waals surface area contributed by atoms with E-state index in [0.29, 0.717) is 45.3 Å². The number of rotatable bonds is 11. The molecule has 0 bridgehead atoms. The molecule has 0 fully saturated rings. The van der Waals surface area contributed by atoms with Gasteiger partial charge in [-0.05, 0) is 68.8 Å². The minimum atomic E-state index is -0.808. The van der Waals surface area contributed by atoms with Gasteiger partial charge >= 0.3 is 12.1 Å². The second kappa shape index (κ2) is 14.2. The maximum atomic E-state index is 14.5. The summed E-state index contributed by atoms with van der Waals surface area (Å²) in [4.78, 5) is 40.6. The highest BCUT2D eigenvalue weighted by molar-refractivity contribution is 6.10. The van der Waals surface area contributed by atoms with Gasteiger partial charge in [-0.2, -0.15) is 0 Å². The predicted octanol–water partition coefficient (Wildman–Crippen LogP) is 6.39. The summed E-state index contributed by atoms with van der Waals surface area (Å²) < 4.78 is 40.2. The molecule has 3 aromatic carbocycles. The SMILES string of the molecule is C=CCOc1cc(OC)c2c(-c3cc(OC)c(OC)c(OC)c3)c(C(=O)OC)n(-c3ccc(NC(=O)OC(C)(C)C)cc3)c(=O)c2c1. The number of hydrogen-bond acceptors (Lipinski definition) is 10. The summed E-state index contributed by atoms with van der Waals surface area (Å²) in [6, 6.07) is 12.8. The Morgan fingerprint density at radius 2 is 1.49 bits per heavy atom. The van der Waals surface area contributed by atoms with Crippen LogP contribution in [0.4, 0.5) is 10.5 Å². The van der Waals surface area contributed by atoms with Crippen molar-refractivity contribution in [3.63, 3.8) is 0 Å². The van der Waals surface area contributed by atoms with Gasteiger partial charge in [-0.3, -0.25) is 14.7 Å². The number of esters is 1. The van der Waals surface area contributed by atoms with Crippen LogP contribution in [0, 0.1) is 0 Å². The van der Waals surface area contributed by atoms with Gasteiger partial charge in [0.15, 0.2) is 11.5 Å². The number of hydrogen-bond donors (Lipinski definition) is 1. The maximum absolute atomic E-state index is 14.5. The zero-order valence-electron chi connectivity index (χ0n) is 27.6. The lowest BCUT2D eigenvalue weighted by molar-refractivity contribution is 0.0589. The number of fused-ring (bicyclic) bond motifs is 1. The third-order valence-corrected chi connectivity index (χ3v) is 6.91. The van der Waals surface area contributed by atoms with Crippen LogP contribution in [-0.4, -0.2) is 64.4 Å². The fourth-order valence-corrected chi connectivity index (χ4v) is 5.03. The summed E-state index contributed by atoms with van der Waals surface area (Å²) >= 11 is 0. The highest BCUT2D eigenvalue weighted by Gasteiger charge is 2.29. The molecule has 1 amide bonds. The highest BCUT2D eigenvalue weighted by Crippen LogP contribution is 2.46. The summed E-state index contributed by atoms with van der Waals surface area (Å²) in [7, 11) is 7.09. The van der Waals surface area contributed by atoms with E-state index in [1.165, 1.54) is 40.1 Å². The summed E-state index contributed by atoms with van der Waals surface area (Å²) in [5.74, 6) is 0.749. The average molecular weight is 647 g/mol. The van der Waals surface area contributed by atoms with E-state index >= 15 is 0 Å². The van der Waals surface area contributed by atoms with Crippen LogP contribution in [0.5, 0.6) is 28.7 Å². The molecule has 0 atom stereocenters. The first-order valence-corrected chi connectivity index (χ1v) is 14.4.